The summed E-state index contributed by atoms with van der Waals surface area (Å²) < 4.78 is 13.2. The number of aryl methyl sites for hydroxylation is 1. The normalized spacial score (nSPS) is 18.6. The van der Waals surface area contributed by atoms with Gasteiger partial charge in [0.1, 0.15) is 12.0 Å². The van der Waals surface area contributed by atoms with Gasteiger partial charge in [0.2, 0.25) is 12.7 Å². The number of carbonyl (C=O) groups excluding carboxylic acids is 1. The van der Waals surface area contributed by atoms with Crippen LogP contribution in [0.25, 0.3) is 0 Å². The molecule has 2 aliphatic rings. The zero-order chi connectivity index (χ0) is 22.6. The number of fused-ring (bicyclic) bond motifs is 1. The first-order valence-corrected chi connectivity index (χ1v) is 11.4. The second kappa shape index (κ2) is 9.55. The fourth-order valence-corrected chi connectivity index (χ4v) is 4.68. The minimum absolute atomic E-state index is 0.00706. The van der Waals surface area contributed by atoms with E-state index < -0.39 is 6.04 Å². The van der Waals surface area contributed by atoms with Gasteiger partial charge in [-0.15, -0.1) is 0 Å². The minimum atomic E-state index is -0.392. The van der Waals surface area contributed by atoms with Gasteiger partial charge in [0.05, 0.1) is 12.1 Å². The van der Waals surface area contributed by atoms with Crippen LogP contribution in [-0.2, 0) is 27.4 Å². The molecule has 2 unspecified atom stereocenters. The van der Waals surface area contributed by atoms with Crippen molar-refractivity contribution in [3.63, 3.8) is 0 Å². The highest BCUT2D eigenvalue weighted by Crippen LogP contribution is 2.35. The lowest BCUT2D eigenvalue weighted by atomic mass is 9.95. The minimum Gasteiger partial charge on any atom is -0.462 e. The van der Waals surface area contributed by atoms with Crippen LogP contribution in [0.2, 0.25) is 0 Å². The molecular weight excluding hydrogens is 414 g/mol. The first-order chi connectivity index (χ1) is 16.2. The molecule has 0 fully saturated rings. The van der Waals surface area contributed by atoms with Crippen molar-refractivity contribution in [1.29, 1.82) is 0 Å². The van der Waals surface area contributed by atoms with E-state index in [1.807, 2.05) is 30.3 Å². The Morgan fingerprint density at radius 3 is 2.64 bits per heavy atom. The van der Waals surface area contributed by atoms with E-state index in [1.165, 1.54) is 16.8 Å². The maximum absolute atomic E-state index is 13.6. The lowest BCUT2D eigenvalue weighted by Crippen LogP contribution is -2.52. The highest BCUT2D eigenvalue weighted by atomic mass is 16.7. The van der Waals surface area contributed by atoms with Gasteiger partial charge in [-0.05, 0) is 30.2 Å². The van der Waals surface area contributed by atoms with Crippen molar-refractivity contribution in [3.05, 3.63) is 107 Å². The first-order valence-electron chi connectivity index (χ1n) is 11.4. The summed E-state index contributed by atoms with van der Waals surface area (Å²) in [7, 11) is 0. The molecule has 0 saturated carbocycles. The van der Waals surface area contributed by atoms with Crippen LogP contribution in [0.3, 0.4) is 0 Å². The molecule has 3 aromatic rings. The lowest BCUT2D eigenvalue weighted by molar-refractivity contribution is -0.128. The molecule has 6 heteroatoms. The standard InChI is InChI=1S/C27H29N3O3/c1-20-9-11-22(12-10-20)26-24-8-5-13-29(24)14-15-30(26)25(16-23-18-32-19-33-23)27(31)28-17-21-6-3-2-4-7-21/h2-13,18,25-26H,14-17,19H2,1H3,(H,28,31). The van der Waals surface area contributed by atoms with E-state index in [-0.39, 0.29) is 18.7 Å². The van der Waals surface area contributed by atoms with Crippen LogP contribution >= 0.6 is 0 Å². The highest BCUT2D eigenvalue weighted by Gasteiger charge is 2.38. The van der Waals surface area contributed by atoms with Crippen molar-refractivity contribution in [2.45, 2.75) is 38.5 Å². The number of carbonyl (C=O) groups is 1. The van der Waals surface area contributed by atoms with Gasteiger partial charge in [-0.25, -0.2) is 0 Å². The second-order valence-electron chi connectivity index (χ2n) is 8.61. The van der Waals surface area contributed by atoms with Gasteiger partial charge in [-0.2, -0.15) is 0 Å². The van der Waals surface area contributed by atoms with Gasteiger partial charge in [0.15, 0.2) is 0 Å². The largest absolute Gasteiger partial charge is 0.462 e. The molecule has 0 saturated heterocycles. The van der Waals surface area contributed by atoms with Crippen LogP contribution in [0, 0.1) is 6.92 Å². The fourth-order valence-electron chi connectivity index (χ4n) is 4.68. The van der Waals surface area contributed by atoms with Gasteiger partial charge in [0.25, 0.3) is 0 Å². The molecule has 170 valence electrons. The molecule has 5 rings (SSSR count). The molecule has 0 bridgehead atoms. The second-order valence-corrected chi connectivity index (χ2v) is 8.61. The summed E-state index contributed by atoms with van der Waals surface area (Å²) in [6.07, 6.45) is 4.21. The van der Waals surface area contributed by atoms with E-state index in [2.05, 4.69) is 64.3 Å². The zero-order valence-electron chi connectivity index (χ0n) is 18.8. The number of nitrogens with one attached hydrogen (secondary N) is 1. The van der Waals surface area contributed by atoms with E-state index >= 15 is 0 Å². The molecule has 2 aliphatic heterocycles. The van der Waals surface area contributed by atoms with Crippen molar-refractivity contribution in [1.82, 2.24) is 14.8 Å². The average Bonchev–Trinajstić information content (AvgIpc) is 3.54. The Balaban J connectivity index is 1.46. The van der Waals surface area contributed by atoms with Crippen LogP contribution in [0.4, 0.5) is 0 Å². The van der Waals surface area contributed by atoms with Crippen molar-refractivity contribution < 1.29 is 14.3 Å². The molecular formula is C27H29N3O3. The van der Waals surface area contributed by atoms with Crippen molar-refractivity contribution in [3.8, 4) is 0 Å². The van der Waals surface area contributed by atoms with Crippen molar-refractivity contribution in [2.75, 3.05) is 13.3 Å². The number of hydrogen-bond acceptors (Lipinski definition) is 4. The number of ether oxygens (including phenoxy) is 2. The molecule has 2 atom stereocenters. The Labute approximate surface area is 194 Å². The van der Waals surface area contributed by atoms with E-state index in [4.69, 9.17) is 9.47 Å². The van der Waals surface area contributed by atoms with Crippen LogP contribution < -0.4 is 5.32 Å². The summed E-state index contributed by atoms with van der Waals surface area (Å²) in [5.74, 6) is 0.700. The lowest BCUT2D eigenvalue weighted by Gasteiger charge is -2.41. The quantitative estimate of drug-likeness (QED) is 0.597. The maximum Gasteiger partial charge on any atom is 0.238 e. The van der Waals surface area contributed by atoms with Crippen molar-refractivity contribution in [2.24, 2.45) is 0 Å². The summed E-state index contributed by atoms with van der Waals surface area (Å²) in [5.41, 5.74) is 4.67. The van der Waals surface area contributed by atoms with Crippen LogP contribution in [0.15, 0.2) is 84.9 Å². The Morgan fingerprint density at radius 2 is 1.88 bits per heavy atom. The van der Waals surface area contributed by atoms with Gasteiger partial charge in [0, 0.05) is 37.9 Å². The topological polar surface area (TPSA) is 55.7 Å². The molecule has 33 heavy (non-hydrogen) atoms. The molecule has 0 spiro atoms. The van der Waals surface area contributed by atoms with Gasteiger partial charge in [-0.1, -0.05) is 60.2 Å². The highest BCUT2D eigenvalue weighted by molar-refractivity contribution is 5.82. The number of rotatable bonds is 7. The predicted molar refractivity (Wildman–Crippen MR) is 126 cm³/mol. The van der Waals surface area contributed by atoms with Gasteiger partial charge < -0.3 is 19.4 Å². The number of nitrogens with zero attached hydrogens (tertiary/aromatic N) is 2. The molecule has 1 aromatic heterocycles. The Bertz CT molecular complexity index is 1120. The Morgan fingerprint density at radius 1 is 1.06 bits per heavy atom. The molecule has 0 aliphatic carbocycles. The summed E-state index contributed by atoms with van der Waals surface area (Å²) in [6, 6.07) is 22.4. The van der Waals surface area contributed by atoms with Gasteiger partial charge in [-0.3, -0.25) is 9.69 Å². The zero-order valence-corrected chi connectivity index (χ0v) is 18.8. The van der Waals surface area contributed by atoms with Crippen LogP contribution in [0.1, 0.15) is 34.8 Å². The number of benzene rings is 2. The monoisotopic (exact) mass is 443 g/mol. The van der Waals surface area contributed by atoms with Crippen LogP contribution in [-0.4, -0.2) is 34.8 Å². The smallest absolute Gasteiger partial charge is 0.238 e. The summed E-state index contributed by atoms with van der Waals surface area (Å²) in [5, 5.41) is 3.16. The number of aromatic nitrogens is 1. The third-order valence-electron chi connectivity index (χ3n) is 6.40. The average molecular weight is 444 g/mol. The summed E-state index contributed by atoms with van der Waals surface area (Å²) in [6.45, 7) is 4.39. The number of amides is 1. The van der Waals surface area contributed by atoms with Crippen molar-refractivity contribution >= 4 is 5.91 Å². The fraction of sp³-hybridized carbons (Fsp3) is 0.296. The molecule has 2 aromatic carbocycles. The Kier molecular flexibility index (Phi) is 6.17. The predicted octanol–water partition coefficient (Wildman–Crippen LogP) is 4.12. The summed E-state index contributed by atoms with van der Waals surface area (Å²) in [4.78, 5) is 15.9. The van der Waals surface area contributed by atoms with E-state index in [1.54, 1.807) is 6.26 Å². The van der Waals surface area contributed by atoms with E-state index in [0.29, 0.717) is 18.7 Å². The molecule has 1 N–H and O–H groups in total. The van der Waals surface area contributed by atoms with E-state index in [9.17, 15) is 4.79 Å². The molecule has 3 heterocycles. The number of hydrogen-bond donors (Lipinski definition) is 1. The van der Waals surface area contributed by atoms with Crippen LogP contribution in [0.5, 0.6) is 0 Å². The molecule has 0 radical (unpaired) electrons. The molecule has 6 nitrogen and oxygen atoms in total. The van der Waals surface area contributed by atoms with Gasteiger partial charge >= 0.3 is 0 Å². The van der Waals surface area contributed by atoms with E-state index in [0.717, 1.165) is 18.7 Å². The maximum atomic E-state index is 13.6. The first kappa shape index (κ1) is 21.3. The third-order valence-corrected chi connectivity index (χ3v) is 6.40. The Hall–Kier alpha value is -3.51. The third kappa shape index (κ3) is 4.66. The summed E-state index contributed by atoms with van der Waals surface area (Å²) >= 11 is 0. The SMILES string of the molecule is Cc1ccc(C2c3cccn3CCN2C(CC2=COCO2)C(=O)NCc2ccccc2)cc1. The molecule has 1 amide bonds.